The Morgan fingerprint density at radius 3 is 2.33 bits per heavy atom. The molecule has 0 aliphatic heterocycles. The highest BCUT2D eigenvalue weighted by atomic mass is 32.2. The van der Waals surface area contributed by atoms with Crippen molar-refractivity contribution in [1.82, 2.24) is 0 Å². The second kappa shape index (κ2) is 4.41. The Morgan fingerprint density at radius 2 is 1.83 bits per heavy atom. The molecule has 0 N–H and O–H groups in total. The van der Waals surface area contributed by atoms with Gasteiger partial charge >= 0.3 is 0 Å². The van der Waals surface area contributed by atoms with Gasteiger partial charge in [-0.25, -0.2) is 0 Å². The van der Waals surface area contributed by atoms with Gasteiger partial charge < -0.3 is 0 Å². The van der Waals surface area contributed by atoms with Crippen molar-refractivity contribution in [3.63, 3.8) is 0 Å². The molecule has 0 fully saturated rings. The van der Waals surface area contributed by atoms with E-state index in [0.717, 1.165) is 12.2 Å². The van der Waals surface area contributed by atoms with Gasteiger partial charge in [0.1, 0.15) is 0 Å². The maximum absolute atomic E-state index is 10.8. The summed E-state index contributed by atoms with van der Waals surface area (Å²) >= 11 is 0. The van der Waals surface area contributed by atoms with Gasteiger partial charge in [0, 0.05) is 22.8 Å². The van der Waals surface area contributed by atoms with E-state index in [1.807, 2.05) is 0 Å². The second-order valence-corrected chi connectivity index (χ2v) is 4.57. The molecule has 1 atom stereocenters. The molecule has 66 valence electrons. The number of hydrogen-bond donors (Lipinski definition) is 0. The first kappa shape index (κ1) is 9.46. The van der Waals surface area contributed by atoms with Gasteiger partial charge in [-0.05, 0) is 18.9 Å². The van der Waals surface area contributed by atoms with Crippen molar-refractivity contribution in [2.45, 2.75) is 13.3 Å². The van der Waals surface area contributed by atoms with E-state index in [1.54, 1.807) is 6.26 Å². The highest BCUT2D eigenvalue weighted by Crippen LogP contribution is 2.03. The van der Waals surface area contributed by atoms with E-state index in [-0.39, 0.29) is 0 Å². The van der Waals surface area contributed by atoms with Gasteiger partial charge in [-0.15, -0.1) is 0 Å². The van der Waals surface area contributed by atoms with Crippen LogP contribution in [0.15, 0.2) is 24.3 Å². The third kappa shape index (κ3) is 3.18. The molecule has 0 saturated heterocycles. The Bertz CT molecular complexity index is 264. The molecule has 1 nitrogen and oxygen atoms in total. The molecule has 0 heterocycles. The van der Waals surface area contributed by atoms with Crippen molar-refractivity contribution in [2.24, 2.45) is 0 Å². The topological polar surface area (TPSA) is 17.1 Å². The van der Waals surface area contributed by atoms with E-state index in [0.29, 0.717) is 0 Å². The van der Waals surface area contributed by atoms with Gasteiger partial charge in [-0.1, -0.05) is 29.8 Å². The van der Waals surface area contributed by atoms with Gasteiger partial charge in [0.15, 0.2) is 0 Å². The number of rotatable bonds is 3. The zero-order valence-corrected chi connectivity index (χ0v) is 8.36. The number of benzene rings is 1. The molecule has 0 spiro atoms. The first-order chi connectivity index (χ1) is 5.68. The van der Waals surface area contributed by atoms with Crippen molar-refractivity contribution in [3.8, 4) is 0 Å². The van der Waals surface area contributed by atoms with Crippen molar-refractivity contribution in [2.75, 3.05) is 12.0 Å². The summed E-state index contributed by atoms with van der Waals surface area (Å²) in [6.45, 7) is 2.07. The molecular weight excluding hydrogens is 168 g/mol. The standard InChI is InChI=1S/C10H14OS/c1-9-3-5-10(6-4-9)7-8-12(2)11/h3-6H,7-8H2,1-2H3. The van der Waals surface area contributed by atoms with Crippen molar-refractivity contribution >= 4 is 10.8 Å². The molecule has 0 aliphatic rings. The first-order valence-corrected chi connectivity index (χ1v) is 5.77. The Labute approximate surface area is 76.3 Å². The summed E-state index contributed by atoms with van der Waals surface area (Å²) in [6, 6.07) is 8.38. The van der Waals surface area contributed by atoms with E-state index >= 15 is 0 Å². The molecule has 0 bridgehead atoms. The van der Waals surface area contributed by atoms with Crippen LogP contribution in [0.3, 0.4) is 0 Å². The van der Waals surface area contributed by atoms with Crippen LogP contribution in [0.2, 0.25) is 0 Å². The Hall–Kier alpha value is -0.630. The average Bonchev–Trinajstić information content (AvgIpc) is 2.03. The fraction of sp³-hybridized carbons (Fsp3) is 0.400. The van der Waals surface area contributed by atoms with Crippen molar-refractivity contribution in [1.29, 1.82) is 0 Å². The van der Waals surface area contributed by atoms with E-state index in [9.17, 15) is 4.21 Å². The molecule has 1 unspecified atom stereocenters. The SMILES string of the molecule is Cc1ccc(CCS(C)=O)cc1. The zero-order chi connectivity index (χ0) is 8.97. The van der Waals surface area contributed by atoms with Crippen LogP contribution in [0.5, 0.6) is 0 Å². The lowest BCUT2D eigenvalue weighted by Gasteiger charge is -1.99. The normalized spacial score (nSPS) is 12.8. The lowest BCUT2D eigenvalue weighted by Crippen LogP contribution is -1.98. The van der Waals surface area contributed by atoms with Crippen LogP contribution in [0.25, 0.3) is 0 Å². The predicted molar refractivity (Wildman–Crippen MR) is 53.8 cm³/mol. The minimum atomic E-state index is -0.671. The Balaban J connectivity index is 2.53. The number of aryl methyl sites for hydroxylation is 2. The van der Waals surface area contributed by atoms with E-state index in [2.05, 4.69) is 31.2 Å². The lowest BCUT2D eigenvalue weighted by molar-refractivity contribution is 0.686. The first-order valence-electron chi connectivity index (χ1n) is 4.04. The summed E-state index contributed by atoms with van der Waals surface area (Å²) in [5.41, 5.74) is 2.55. The predicted octanol–water partition coefficient (Wildman–Crippen LogP) is 1.92. The Kier molecular flexibility index (Phi) is 3.48. The summed E-state index contributed by atoms with van der Waals surface area (Å²) in [4.78, 5) is 0. The highest BCUT2D eigenvalue weighted by molar-refractivity contribution is 7.84. The van der Waals surface area contributed by atoms with E-state index in [1.165, 1.54) is 11.1 Å². The molecule has 0 saturated carbocycles. The van der Waals surface area contributed by atoms with Crippen LogP contribution < -0.4 is 0 Å². The summed E-state index contributed by atoms with van der Waals surface area (Å²) < 4.78 is 10.8. The Morgan fingerprint density at radius 1 is 1.25 bits per heavy atom. The van der Waals surface area contributed by atoms with Crippen LogP contribution in [0.4, 0.5) is 0 Å². The van der Waals surface area contributed by atoms with Gasteiger partial charge in [-0.2, -0.15) is 0 Å². The second-order valence-electron chi connectivity index (χ2n) is 3.01. The zero-order valence-electron chi connectivity index (χ0n) is 7.54. The average molecular weight is 182 g/mol. The third-order valence-corrected chi connectivity index (χ3v) is 2.58. The molecule has 2 heteroatoms. The minimum Gasteiger partial charge on any atom is -0.260 e. The van der Waals surface area contributed by atoms with E-state index in [4.69, 9.17) is 0 Å². The summed E-state index contributed by atoms with van der Waals surface area (Å²) in [5.74, 6) is 0.767. The molecule has 0 radical (unpaired) electrons. The molecule has 1 aromatic carbocycles. The maximum atomic E-state index is 10.8. The largest absolute Gasteiger partial charge is 0.260 e. The van der Waals surface area contributed by atoms with Crippen LogP contribution in [-0.4, -0.2) is 16.2 Å². The monoisotopic (exact) mass is 182 g/mol. The van der Waals surface area contributed by atoms with E-state index < -0.39 is 10.8 Å². The maximum Gasteiger partial charge on any atom is 0.0272 e. The van der Waals surface area contributed by atoms with Gasteiger partial charge in [0.05, 0.1) is 0 Å². The summed E-state index contributed by atoms with van der Waals surface area (Å²) in [6.07, 6.45) is 2.66. The highest BCUT2D eigenvalue weighted by Gasteiger charge is 1.94. The molecule has 12 heavy (non-hydrogen) atoms. The molecular formula is C10H14OS. The van der Waals surface area contributed by atoms with Crippen LogP contribution >= 0.6 is 0 Å². The van der Waals surface area contributed by atoms with Crippen molar-refractivity contribution in [3.05, 3.63) is 35.4 Å². The smallest absolute Gasteiger partial charge is 0.0272 e. The van der Waals surface area contributed by atoms with Crippen LogP contribution in [0.1, 0.15) is 11.1 Å². The minimum absolute atomic E-state index is 0.671. The fourth-order valence-corrected chi connectivity index (χ4v) is 1.54. The van der Waals surface area contributed by atoms with Gasteiger partial charge in [0.25, 0.3) is 0 Å². The molecule has 1 aromatic rings. The molecule has 0 aliphatic carbocycles. The lowest BCUT2D eigenvalue weighted by atomic mass is 10.1. The van der Waals surface area contributed by atoms with Gasteiger partial charge in [0.2, 0.25) is 0 Å². The molecule has 1 rings (SSSR count). The van der Waals surface area contributed by atoms with Crippen LogP contribution in [-0.2, 0) is 17.2 Å². The van der Waals surface area contributed by atoms with Crippen molar-refractivity contribution < 1.29 is 4.21 Å². The third-order valence-electron chi connectivity index (χ3n) is 1.80. The summed E-state index contributed by atoms with van der Waals surface area (Å²) in [5, 5.41) is 0. The van der Waals surface area contributed by atoms with Gasteiger partial charge in [-0.3, -0.25) is 4.21 Å². The van der Waals surface area contributed by atoms with Crippen LogP contribution in [0, 0.1) is 6.92 Å². The quantitative estimate of drug-likeness (QED) is 0.698. The molecule has 0 amide bonds. The summed E-state index contributed by atoms with van der Waals surface area (Å²) in [7, 11) is -0.671. The fourth-order valence-electron chi connectivity index (χ4n) is 1.02. The number of hydrogen-bond acceptors (Lipinski definition) is 1. The molecule has 0 aromatic heterocycles.